The van der Waals surface area contributed by atoms with Crippen LogP contribution < -0.4 is 0 Å². The van der Waals surface area contributed by atoms with Crippen LogP contribution in [0.5, 0.6) is 0 Å². The third-order valence-electron chi connectivity index (χ3n) is 9.88. The molecule has 0 bridgehead atoms. The number of likely N-dealkylation sites (tertiary alicyclic amines) is 1. The Labute approximate surface area is 294 Å². The number of carbonyl (C=O) groups is 1. The lowest BCUT2D eigenvalue weighted by Gasteiger charge is -2.49. The summed E-state index contributed by atoms with van der Waals surface area (Å²) < 4.78 is 53.7. The van der Waals surface area contributed by atoms with Crippen molar-refractivity contribution in [3.05, 3.63) is 144 Å². The van der Waals surface area contributed by atoms with Crippen LogP contribution in [0.15, 0.2) is 121 Å². The number of amides is 1. The predicted octanol–water partition coefficient (Wildman–Crippen LogP) is 8.24. The van der Waals surface area contributed by atoms with Gasteiger partial charge in [0.1, 0.15) is 18.3 Å². The first-order chi connectivity index (χ1) is 24.5. The Kier molecular flexibility index (Phi) is 13.1. The van der Waals surface area contributed by atoms with Crippen LogP contribution in [0, 0.1) is 11.8 Å². The zero-order chi connectivity index (χ0) is 34.5. The number of hydrogen-bond donors (Lipinski definition) is 0. The summed E-state index contributed by atoms with van der Waals surface area (Å²) in [4.78, 5) is 16.4. The maximum Gasteiger partial charge on any atom is 0.241 e. The Balaban J connectivity index is 1.32. The fourth-order valence-corrected chi connectivity index (χ4v) is 7.07. The maximum absolute atomic E-state index is 14.5. The molecule has 1 aliphatic heterocycles. The Hall–Kier alpha value is -3.95. The molecule has 0 radical (unpaired) electrons. The second-order valence-corrected chi connectivity index (χ2v) is 13.4. The van der Waals surface area contributed by atoms with Crippen LogP contribution in [0.1, 0.15) is 47.9 Å². The van der Waals surface area contributed by atoms with E-state index in [9.17, 15) is 13.6 Å². The van der Waals surface area contributed by atoms with E-state index in [1.165, 1.54) is 0 Å². The van der Waals surface area contributed by atoms with Gasteiger partial charge in [0.2, 0.25) is 12.3 Å². The summed E-state index contributed by atoms with van der Waals surface area (Å²) in [5, 5.41) is 0. The summed E-state index contributed by atoms with van der Waals surface area (Å²) in [5.74, 6) is -1.08. The van der Waals surface area contributed by atoms with E-state index in [2.05, 4.69) is 0 Å². The van der Waals surface area contributed by atoms with Gasteiger partial charge in [0.25, 0.3) is 0 Å². The van der Waals surface area contributed by atoms with E-state index in [0.29, 0.717) is 52.1 Å². The number of nitrogens with zero attached hydrogens (tertiary/aromatic N) is 1. The van der Waals surface area contributed by atoms with Gasteiger partial charge in [0.15, 0.2) is 0 Å². The lowest BCUT2D eigenvalue weighted by molar-refractivity contribution is -0.213. The molecular weight excluding hydrogens is 636 g/mol. The molecule has 0 spiro atoms. The Morgan fingerprint density at radius 1 is 0.600 bits per heavy atom. The van der Waals surface area contributed by atoms with Crippen LogP contribution in [-0.2, 0) is 50.2 Å². The van der Waals surface area contributed by atoms with Crippen molar-refractivity contribution in [3.8, 4) is 0 Å². The minimum absolute atomic E-state index is 0.0610. The van der Waals surface area contributed by atoms with Crippen LogP contribution in [0.25, 0.3) is 0 Å². The van der Waals surface area contributed by atoms with E-state index in [-0.39, 0.29) is 25.0 Å². The number of carbonyl (C=O) groups excluding carboxylic acids is 1. The second kappa shape index (κ2) is 18.3. The quantitative estimate of drug-likeness (QED) is 0.126. The predicted molar refractivity (Wildman–Crippen MR) is 188 cm³/mol. The molecule has 8 heteroatoms. The van der Waals surface area contributed by atoms with Crippen LogP contribution in [-0.4, -0.2) is 54.7 Å². The SMILES string of the molecule is O=C(C1CCC(C(F)F)CC1)N1C[C@H](OCc2ccccc2)[C@@H](OCc2ccccc2)[C@H](OCc2ccccc2)[C@@H]1COCc1ccccc1. The smallest absolute Gasteiger partial charge is 0.241 e. The van der Waals surface area contributed by atoms with E-state index in [4.69, 9.17) is 18.9 Å². The molecule has 1 saturated heterocycles. The van der Waals surface area contributed by atoms with Crippen molar-refractivity contribution in [1.29, 1.82) is 0 Å². The molecule has 0 unspecified atom stereocenters. The molecule has 4 aromatic carbocycles. The van der Waals surface area contributed by atoms with Gasteiger partial charge in [-0.3, -0.25) is 4.79 Å². The Morgan fingerprint density at radius 3 is 1.52 bits per heavy atom. The van der Waals surface area contributed by atoms with Crippen molar-refractivity contribution in [2.45, 2.75) is 82.9 Å². The third-order valence-corrected chi connectivity index (χ3v) is 9.88. The minimum Gasteiger partial charge on any atom is -0.375 e. The van der Waals surface area contributed by atoms with E-state index in [0.717, 1.165) is 22.3 Å². The lowest BCUT2D eigenvalue weighted by Crippen LogP contribution is -2.66. The number of piperidine rings is 1. The molecular formula is C42H47F2NO5. The van der Waals surface area contributed by atoms with Crippen LogP contribution >= 0.6 is 0 Å². The molecule has 1 saturated carbocycles. The summed E-state index contributed by atoms with van der Waals surface area (Å²) in [6.45, 7) is 1.82. The second-order valence-electron chi connectivity index (χ2n) is 13.4. The first-order valence-corrected chi connectivity index (χ1v) is 17.7. The highest BCUT2D eigenvalue weighted by Crippen LogP contribution is 2.36. The summed E-state index contributed by atoms with van der Waals surface area (Å²) in [5.41, 5.74) is 4.04. The van der Waals surface area contributed by atoms with Crippen LogP contribution in [0.2, 0.25) is 0 Å². The summed E-state index contributed by atoms with van der Waals surface area (Å²) >= 11 is 0. The van der Waals surface area contributed by atoms with Crippen molar-refractivity contribution in [2.75, 3.05) is 13.2 Å². The molecule has 2 aliphatic rings. The van der Waals surface area contributed by atoms with Crippen molar-refractivity contribution in [2.24, 2.45) is 11.8 Å². The largest absolute Gasteiger partial charge is 0.375 e. The summed E-state index contributed by atoms with van der Waals surface area (Å²) in [6, 6.07) is 39.3. The topological polar surface area (TPSA) is 57.2 Å². The highest BCUT2D eigenvalue weighted by atomic mass is 19.3. The molecule has 6 nitrogen and oxygen atoms in total. The van der Waals surface area contributed by atoms with E-state index in [1.54, 1.807) is 0 Å². The number of ether oxygens (including phenoxy) is 4. The molecule has 6 rings (SSSR count). The molecule has 0 aromatic heterocycles. The molecule has 0 N–H and O–H groups in total. The highest BCUT2D eigenvalue weighted by molar-refractivity contribution is 5.79. The molecule has 1 aliphatic carbocycles. The average molecular weight is 684 g/mol. The molecule has 4 atom stereocenters. The van der Waals surface area contributed by atoms with Gasteiger partial charge in [-0.25, -0.2) is 8.78 Å². The van der Waals surface area contributed by atoms with Crippen molar-refractivity contribution < 1.29 is 32.5 Å². The highest BCUT2D eigenvalue weighted by Gasteiger charge is 2.49. The van der Waals surface area contributed by atoms with E-state index in [1.807, 2.05) is 126 Å². The van der Waals surface area contributed by atoms with E-state index >= 15 is 0 Å². The van der Waals surface area contributed by atoms with Crippen LogP contribution in [0.4, 0.5) is 8.78 Å². The van der Waals surface area contributed by atoms with Crippen LogP contribution in [0.3, 0.4) is 0 Å². The van der Waals surface area contributed by atoms with Gasteiger partial charge in [-0.05, 0) is 47.9 Å². The number of rotatable bonds is 15. The molecule has 2 fully saturated rings. The third kappa shape index (κ3) is 9.85. The maximum atomic E-state index is 14.5. The van der Waals surface area contributed by atoms with Gasteiger partial charge in [0.05, 0.1) is 45.6 Å². The first kappa shape index (κ1) is 35.9. The molecule has 1 heterocycles. The zero-order valence-electron chi connectivity index (χ0n) is 28.4. The Bertz CT molecular complexity index is 1550. The fourth-order valence-electron chi connectivity index (χ4n) is 7.07. The Morgan fingerprint density at radius 2 is 1.04 bits per heavy atom. The van der Waals surface area contributed by atoms with Gasteiger partial charge >= 0.3 is 0 Å². The molecule has 4 aromatic rings. The summed E-state index contributed by atoms with van der Waals surface area (Å²) in [6.07, 6.45) is -2.50. The van der Waals surface area contributed by atoms with Gasteiger partial charge in [-0.15, -0.1) is 0 Å². The number of halogens is 2. The summed E-state index contributed by atoms with van der Waals surface area (Å²) in [7, 11) is 0. The molecule has 50 heavy (non-hydrogen) atoms. The number of alkyl halides is 2. The average Bonchev–Trinajstić information content (AvgIpc) is 3.17. The molecule has 1 amide bonds. The first-order valence-electron chi connectivity index (χ1n) is 17.7. The van der Waals surface area contributed by atoms with Gasteiger partial charge in [0, 0.05) is 11.8 Å². The standard InChI is InChI=1S/C42H47F2NO5/c43-41(44)35-21-23-36(24-22-35)42(46)45-25-38(48-27-32-15-7-2-8-16-32)40(50-29-34-19-11-4-12-20-34)39(49-28-33-17-9-3-10-18-33)37(45)30-47-26-31-13-5-1-6-14-31/h1-20,35-41H,21-30H2/t35?,36?,37-,38-,39+,40+/m0/s1. The monoisotopic (exact) mass is 683 g/mol. The van der Waals surface area contributed by atoms with Gasteiger partial charge < -0.3 is 23.8 Å². The van der Waals surface area contributed by atoms with Crippen molar-refractivity contribution in [3.63, 3.8) is 0 Å². The normalized spacial score (nSPS) is 23.9. The molecule has 264 valence electrons. The fraction of sp³-hybridized carbons (Fsp3) is 0.405. The minimum atomic E-state index is -2.37. The van der Waals surface area contributed by atoms with Gasteiger partial charge in [-0.1, -0.05) is 121 Å². The van der Waals surface area contributed by atoms with Gasteiger partial charge in [-0.2, -0.15) is 0 Å². The van der Waals surface area contributed by atoms with Crippen molar-refractivity contribution in [1.82, 2.24) is 4.90 Å². The number of benzene rings is 4. The zero-order valence-corrected chi connectivity index (χ0v) is 28.4. The van der Waals surface area contributed by atoms with Crippen molar-refractivity contribution >= 4 is 5.91 Å². The lowest BCUT2D eigenvalue weighted by atomic mass is 9.80. The number of hydrogen-bond acceptors (Lipinski definition) is 5. The van der Waals surface area contributed by atoms with E-state index < -0.39 is 36.7 Å².